The number of nitrogens with zero attached hydrogens (tertiary/aromatic N) is 1. The van der Waals surface area contributed by atoms with Crippen molar-refractivity contribution in [2.75, 3.05) is 29.5 Å². The van der Waals surface area contributed by atoms with Gasteiger partial charge in [0.2, 0.25) is 10.0 Å². The Morgan fingerprint density at radius 2 is 1.75 bits per heavy atom. The van der Waals surface area contributed by atoms with E-state index in [2.05, 4.69) is 5.32 Å². The number of para-hydroxylation sites is 1. The maximum atomic E-state index is 12.5. The van der Waals surface area contributed by atoms with E-state index < -0.39 is 10.0 Å². The van der Waals surface area contributed by atoms with Crippen LogP contribution < -0.4 is 14.4 Å². The first-order valence-electron chi connectivity index (χ1n) is 7.40. The third kappa shape index (κ3) is 4.26. The summed E-state index contributed by atoms with van der Waals surface area (Å²) in [6.07, 6.45) is 1.09. The summed E-state index contributed by atoms with van der Waals surface area (Å²) in [6, 6.07) is 13.5. The smallest absolute Gasteiger partial charge is 0.257 e. The Balaban J connectivity index is 2.24. The fraction of sp³-hybridized carbons (Fsp3) is 0.235. The molecule has 0 unspecified atom stereocenters. The van der Waals surface area contributed by atoms with Gasteiger partial charge in [-0.3, -0.25) is 9.10 Å². The molecule has 0 fully saturated rings. The minimum atomic E-state index is -3.46. The lowest BCUT2D eigenvalue weighted by Gasteiger charge is -2.19. The molecule has 2 aromatic carbocycles. The van der Waals surface area contributed by atoms with Crippen molar-refractivity contribution in [1.82, 2.24) is 0 Å². The van der Waals surface area contributed by atoms with Crippen molar-refractivity contribution in [3.8, 4) is 5.75 Å². The molecule has 0 bridgehead atoms. The van der Waals surface area contributed by atoms with Gasteiger partial charge in [0.25, 0.3) is 5.91 Å². The highest BCUT2D eigenvalue weighted by Crippen LogP contribution is 2.23. The quantitative estimate of drug-likeness (QED) is 0.871. The number of anilines is 2. The van der Waals surface area contributed by atoms with Gasteiger partial charge in [-0.1, -0.05) is 12.1 Å². The summed E-state index contributed by atoms with van der Waals surface area (Å²) in [4.78, 5) is 12.5. The predicted molar refractivity (Wildman–Crippen MR) is 95.3 cm³/mol. The van der Waals surface area contributed by atoms with Crippen LogP contribution in [0.4, 0.5) is 11.4 Å². The summed E-state index contributed by atoms with van der Waals surface area (Å²) in [5.74, 6) is 0.331. The van der Waals surface area contributed by atoms with Crippen molar-refractivity contribution in [1.29, 1.82) is 0 Å². The molecule has 7 heteroatoms. The molecular formula is C17H20N2O4S. The summed E-state index contributed by atoms with van der Waals surface area (Å²) < 4.78 is 29.9. The first kappa shape index (κ1) is 17.8. The van der Waals surface area contributed by atoms with Gasteiger partial charge < -0.3 is 10.1 Å². The molecule has 24 heavy (non-hydrogen) atoms. The first-order chi connectivity index (χ1) is 11.3. The third-order valence-corrected chi connectivity index (χ3v) is 4.60. The van der Waals surface area contributed by atoms with Gasteiger partial charge in [-0.2, -0.15) is 0 Å². The van der Waals surface area contributed by atoms with E-state index in [1.165, 1.54) is 7.05 Å². The second-order valence-electron chi connectivity index (χ2n) is 5.16. The number of carbonyl (C=O) groups excluding carboxylic acids is 1. The van der Waals surface area contributed by atoms with Gasteiger partial charge in [-0.15, -0.1) is 0 Å². The normalized spacial score (nSPS) is 11.0. The highest BCUT2D eigenvalue weighted by atomic mass is 32.2. The zero-order chi connectivity index (χ0) is 17.7. The summed E-state index contributed by atoms with van der Waals surface area (Å²) >= 11 is 0. The molecule has 6 nitrogen and oxygen atoms in total. The maximum Gasteiger partial charge on any atom is 0.257 e. The van der Waals surface area contributed by atoms with Crippen molar-refractivity contribution in [3.63, 3.8) is 0 Å². The Morgan fingerprint density at radius 1 is 1.12 bits per heavy atom. The van der Waals surface area contributed by atoms with E-state index in [1.54, 1.807) is 48.5 Å². The van der Waals surface area contributed by atoms with Crippen LogP contribution in [-0.4, -0.2) is 34.2 Å². The molecule has 1 amide bonds. The molecule has 0 atom stereocenters. The first-order valence-corrected chi connectivity index (χ1v) is 9.25. The molecule has 1 N–H and O–H groups in total. The second kappa shape index (κ2) is 7.35. The van der Waals surface area contributed by atoms with Crippen LogP contribution in [0.2, 0.25) is 0 Å². The van der Waals surface area contributed by atoms with E-state index in [-0.39, 0.29) is 11.5 Å². The molecule has 128 valence electrons. The lowest BCUT2D eigenvalue weighted by atomic mass is 10.1. The molecule has 2 aromatic rings. The van der Waals surface area contributed by atoms with Crippen LogP contribution in [0.1, 0.15) is 17.3 Å². The molecule has 0 heterocycles. The van der Waals surface area contributed by atoms with Crippen molar-refractivity contribution in [2.45, 2.75) is 6.92 Å². The van der Waals surface area contributed by atoms with Gasteiger partial charge in [0.1, 0.15) is 5.75 Å². The predicted octanol–water partition coefficient (Wildman–Crippen LogP) is 2.73. The zero-order valence-corrected chi connectivity index (χ0v) is 14.6. The Labute approximate surface area is 142 Å². The number of rotatable bonds is 6. The Bertz CT molecular complexity index is 817. The van der Waals surface area contributed by atoms with E-state index >= 15 is 0 Å². The second-order valence-corrected chi connectivity index (χ2v) is 7.17. The zero-order valence-electron chi connectivity index (χ0n) is 13.8. The molecule has 0 aromatic heterocycles. The Hall–Kier alpha value is -2.54. The average molecular weight is 348 g/mol. The lowest BCUT2D eigenvalue weighted by molar-refractivity contribution is 0.102. The lowest BCUT2D eigenvalue weighted by Crippen LogP contribution is -2.27. The number of nitrogens with one attached hydrogen (secondary N) is 1. The molecule has 0 aliphatic rings. The van der Waals surface area contributed by atoms with Gasteiger partial charge in [0.05, 0.1) is 24.1 Å². The number of sulfonamides is 1. The molecule has 0 saturated heterocycles. The number of hydrogen-bond donors (Lipinski definition) is 1. The van der Waals surface area contributed by atoms with Crippen LogP contribution in [0.3, 0.4) is 0 Å². The van der Waals surface area contributed by atoms with E-state index in [9.17, 15) is 13.2 Å². The van der Waals surface area contributed by atoms with Crippen molar-refractivity contribution < 1.29 is 17.9 Å². The number of amides is 1. The summed E-state index contributed by atoms with van der Waals surface area (Å²) in [6.45, 7) is 2.46. The highest BCUT2D eigenvalue weighted by molar-refractivity contribution is 7.92. The van der Waals surface area contributed by atoms with Gasteiger partial charge in [-0.25, -0.2) is 8.42 Å². The average Bonchev–Trinajstić information content (AvgIpc) is 2.55. The number of benzene rings is 2. The topological polar surface area (TPSA) is 75.7 Å². The maximum absolute atomic E-state index is 12.5. The van der Waals surface area contributed by atoms with Gasteiger partial charge >= 0.3 is 0 Å². The van der Waals surface area contributed by atoms with Crippen molar-refractivity contribution in [3.05, 3.63) is 54.1 Å². The Kier molecular flexibility index (Phi) is 5.46. The van der Waals surface area contributed by atoms with Gasteiger partial charge in [0, 0.05) is 12.7 Å². The summed E-state index contributed by atoms with van der Waals surface area (Å²) in [5.41, 5.74) is 1.20. The standard InChI is InChI=1S/C17H20N2O4S/c1-4-23-14-11-9-13(10-12-14)18-17(20)15-7-5-6-8-16(15)19(2)24(3,21)22/h5-12H,4H2,1-3H3,(H,18,20). The van der Waals surface area contributed by atoms with Crippen LogP contribution in [0, 0.1) is 0 Å². The fourth-order valence-electron chi connectivity index (χ4n) is 2.12. The summed E-state index contributed by atoms with van der Waals surface area (Å²) in [7, 11) is -2.04. The van der Waals surface area contributed by atoms with Crippen LogP contribution in [0.5, 0.6) is 5.75 Å². The van der Waals surface area contributed by atoms with E-state index in [1.807, 2.05) is 6.92 Å². The monoisotopic (exact) mass is 348 g/mol. The van der Waals surface area contributed by atoms with Gasteiger partial charge in [-0.05, 0) is 43.3 Å². The van der Waals surface area contributed by atoms with Crippen molar-refractivity contribution >= 4 is 27.3 Å². The van der Waals surface area contributed by atoms with Crippen LogP contribution in [0.15, 0.2) is 48.5 Å². The van der Waals surface area contributed by atoms with Crippen LogP contribution in [-0.2, 0) is 10.0 Å². The molecular weight excluding hydrogens is 328 g/mol. The number of ether oxygens (including phenoxy) is 1. The number of hydrogen-bond acceptors (Lipinski definition) is 4. The Morgan fingerprint density at radius 3 is 2.33 bits per heavy atom. The minimum absolute atomic E-state index is 0.277. The third-order valence-electron chi connectivity index (χ3n) is 3.41. The largest absolute Gasteiger partial charge is 0.494 e. The van der Waals surface area contributed by atoms with E-state index in [4.69, 9.17) is 4.74 Å². The highest BCUT2D eigenvalue weighted by Gasteiger charge is 2.19. The van der Waals surface area contributed by atoms with E-state index in [0.29, 0.717) is 23.7 Å². The molecule has 0 aliphatic carbocycles. The molecule has 0 spiro atoms. The molecule has 0 aliphatic heterocycles. The van der Waals surface area contributed by atoms with Crippen LogP contribution >= 0.6 is 0 Å². The van der Waals surface area contributed by atoms with Gasteiger partial charge in [0.15, 0.2) is 0 Å². The number of carbonyl (C=O) groups is 1. The summed E-state index contributed by atoms with van der Waals surface area (Å²) in [5, 5.41) is 2.76. The minimum Gasteiger partial charge on any atom is -0.494 e. The van der Waals surface area contributed by atoms with E-state index in [0.717, 1.165) is 10.6 Å². The molecule has 2 rings (SSSR count). The molecule has 0 saturated carbocycles. The van der Waals surface area contributed by atoms with Crippen LogP contribution in [0.25, 0.3) is 0 Å². The fourth-order valence-corrected chi connectivity index (χ4v) is 2.63. The SMILES string of the molecule is CCOc1ccc(NC(=O)c2ccccc2N(C)S(C)(=O)=O)cc1. The van der Waals surface area contributed by atoms with Crippen molar-refractivity contribution in [2.24, 2.45) is 0 Å². The molecule has 0 radical (unpaired) electrons.